The largest absolute Gasteiger partial charge is 0.374 e. The summed E-state index contributed by atoms with van der Waals surface area (Å²) >= 11 is 0. The van der Waals surface area contributed by atoms with Gasteiger partial charge in [0.1, 0.15) is 4.90 Å². The highest BCUT2D eigenvalue weighted by molar-refractivity contribution is 7.89. The van der Waals surface area contributed by atoms with Crippen LogP contribution in [-0.2, 0) is 14.8 Å². The Kier molecular flexibility index (Phi) is 3.71. The molecule has 2 heterocycles. The molecule has 1 aromatic heterocycles. The van der Waals surface area contributed by atoms with Gasteiger partial charge in [-0.15, -0.1) is 0 Å². The van der Waals surface area contributed by atoms with Crippen molar-refractivity contribution < 1.29 is 13.2 Å². The van der Waals surface area contributed by atoms with Crippen molar-refractivity contribution in [2.75, 3.05) is 19.7 Å². The minimum absolute atomic E-state index is 0.201. The summed E-state index contributed by atoms with van der Waals surface area (Å²) < 4.78 is 31.7. The lowest BCUT2D eigenvalue weighted by molar-refractivity contribution is -0.0120. The lowest BCUT2D eigenvalue weighted by Gasteiger charge is -2.33. The van der Waals surface area contributed by atoms with Crippen LogP contribution in [0, 0.1) is 6.92 Å². The SMILES string of the molecule is Cc1[nH]ncc1S(=O)(=O)N1CCOC(C(C)N)C1. The molecule has 0 saturated carbocycles. The number of H-pyrrole nitrogens is 1. The molecule has 1 fully saturated rings. The monoisotopic (exact) mass is 274 g/mol. The third-order valence-electron chi connectivity index (χ3n) is 3.04. The van der Waals surface area contributed by atoms with Gasteiger partial charge in [0.15, 0.2) is 0 Å². The van der Waals surface area contributed by atoms with Crippen LogP contribution in [0.4, 0.5) is 0 Å². The first-order valence-corrected chi connectivity index (χ1v) is 7.24. The molecular weight excluding hydrogens is 256 g/mol. The zero-order valence-electron chi connectivity index (χ0n) is 10.5. The molecule has 0 radical (unpaired) electrons. The van der Waals surface area contributed by atoms with Crippen LogP contribution in [0.2, 0.25) is 0 Å². The molecule has 1 saturated heterocycles. The first kappa shape index (κ1) is 13.5. The molecule has 7 nitrogen and oxygen atoms in total. The number of aryl methyl sites for hydroxylation is 1. The van der Waals surface area contributed by atoms with Crippen LogP contribution in [0.1, 0.15) is 12.6 Å². The van der Waals surface area contributed by atoms with E-state index in [1.54, 1.807) is 6.92 Å². The van der Waals surface area contributed by atoms with Crippen LogP contribution in [0.3, 0.4) is 0 Å². The molecule has 1 aliphatic rings. The molecule has 1 aromatic rings. The van der Waals surface area contributed by atoms with E-state index in [0.29, 0.717) is 18.8 Å². The van der Waals surface area contributed by atoms with Crippen molar-refractivity contribution in [1.29, 1.82) is 0 Å². The Balaban J connectivity index is 2.23. The van der Waals surface area contributed by atoms with Crippen LogP contribution in [0.25, 0.3) is 0 Å². The third kappa shape index (κ3) is 2.41. The summed E-state index contributed by atoms with van der Waals surface area (Å²) in [6.07, 6.45) is 1.07. The second-order valence-electron chi connectivity index (χ2n) is 4.49. The Labute approximate surface area is 106 Å². The molecule has 8 heteroatoms. The van der Waals surface area contributed by atoms with Crippen LogP contribution < -0.4 is 5.73 Å². The van der Waals surface area contributed by atoms with E-state index in [-0.39, 0.29) is 23.6 Å². The average Bonchev–Trinajstić information content (AvgIpc) is 2.76. The Hall–Kier alpha value is -0.960. The fourth-order valence-corrected chi connectivity index (χ4v) is 3.48. The van der Waals surface area contributed by atoms with Crippen molar-refractivity contribution in [3.05, 3.63) is 11.9 Å². The van der Waals surface area contributed by atoms with Crippen LogP contribution in [-0.4, -0.2) is 54.8 Å². The fraction of sp³-hybridized carbons (Fsp3) is 0.700. The van der Waals surface area contributed by atoms with Gasteiger partial charge in [-0.1, -0.05) is 0 Å². The standard InChI is InChI=1S/C10H18N4O3S/c1-7(11)9-6-14(3-4-17-9)18(15,16)10-5-12-13-8(10)2/h5,7,9H,3-4,6,11H2,1-2H3,(H,12,13). The minimum atomic E-state index is -3.51. The second kappa shape index (κ2) is 4.96. The van der Waals surface area contributed by atoms with Gasteiger partial charge in [-0.05, 0) is 13.8 Å². The number of rotatable bonds is 3. The van der Waals surface area contributed by atoms with E-state index in [9.17, 15) is 8.42 Å². The van der Waals surface area contributed by atoms with Crippen LogP contribution in [0.15, 0.2) is 11.1 Å². The van der Waals surface area contributed by atoms with E-state index >= 15 is 0 Å². The summed E-state index contributed by atoms with van der Waals surface area (Å²) in [6.45, 7) is 4.48. The maximum Gasteiger partial charge on any atom is 0.246 e. The average molecular weight is 274 g/mol. The van der Waals surface area contributed by atoms with Crippen molar-refractivity contribution in [2.45, 2.75) is 30.9 Å². The maximum atomic E-state index is 12.4. The highest BCUT2D eigenvalue weighted by Crippen LogP contribution is 2.20. The van der Waals surface area contributed by atoms with Gasteiger partial charge in [0, 0.05) is 19.1 Å². The molecule has 3 N–H and O–H groups in total. The summed E-state index contributed by atoms with van der Waals surface area (Å²) in [5, 5.41) is 6.39. The molecule has 18 heavy (non-hydrogen) atoms. The minimum Gasteiger partial charge on any atom is -0.374 e. The van der Waals surface area contributed by atoms with E-state index in [1.807, 2.05) is 6.92 Å². The Morgan fingerprint density at radius 1 is 1.67 bits per heavy atom. The molecule has 102 valence electrons. The second-order valence-corrected chi connectivity index (χ2v) is 6.40. The van der Waals surface area contributed by atoms with E-state index in [4.69, 9.17) is 10.5 Å². The van der Waals surface area contributed by atoms with Crippen molar-refractivity contribution >= 4 is 10.0 Å². The van der Waals surface area contributed by atoms with Gasteiger partial charge in [0.25, 0.3) is 0 Å². The van der Waals surface area contributed by atoms with Crippen molar-refractivity contribution in [1.82, 2.24) is 14.5 Å². The normalized spacial score (nSPS) is 24.1. The number of morpholine rings is 1. The number of hydrogen-bond acceptors (Lipinski definition) is 5. The van der Waals surface area contributed by atoms with Gasteiger partial charge >= 0.3 is 0 Å². The number of hydrogen-bond donors (Lipinski definition) is 2. The number of nitrogens with zero attached hydrogens (tertiary/aromatic N) is 2. The predicted molar refractivity (Wildman–Crippen MR) is 65.5 cm³/mol. The Bertz CT molecular complexity index is 511. The lowest BCUT2D eigenvalue weighted by Crippen LogP contribution is -2.51. The fourth-order valence-electron chi connectivity index (χ4n) is 1.93. The number of nitrogens with two attached hydrogens (primary N) is 1. The summed E-state index contributed by atoms with van der Waals surface area (Å²) in [7, 11) is -3.51. The highest BCUT2D eigenvalue weighted by atomic mass is 32.2. The lowest BCUT2D eigenvalue weighted by atomic mass is 10.2. The van der Waals surface area contributed by atoms with Gasteiger partial charge < -0.3 is 10.5 Å². The maximum absolute atomic E-state index is 12.4. The van der Waals surface area contributed by atoms with Crippen LogP contribution >= 0.6 is 0 Å². The molecule has 1 aliphatic heterocycles. The van der Waals surface area contributed by atoms with Gasteiger partial charge in [-0.3, -0.25) is 5.10 Å². The third-order valence-corrected chi connectivity index (χ3v) is 5.02. The summed E-state index contributed by atoms with van der Waals surface area (Å²) in [5.41, 5.74) is 6.30. The predicted octanol–water partition coefficient (Wildman–Crippen LogP) is -0.545. The van der Waals surface area contributed by atoms with Crippen molar-refractivity contribution in [3.8, 4) is 0 Å². The Morgan fingerprint density at radius 3 is 2.94 bits per heavy atom. The molecule has 0 amide bonds. The van der Waals surface area contributed by atoms with Crippen LogP contribution in [0.5, 0.6) is 0 Å². The smallest absolute Gasteiger partial charge is 0.246 e. The van der Waals surface area contributed by atoms with E-state index in [0.717, 1.165) is 0 Å². The molecule has 0 spiro atoms. The van der Waals surface area contributed by atoms with Gasteiger partial charge in [-0.25, -0.2) is 8.42 Å². The summed E-state index contributed by atoms with van der Waals surface area (Å²) in [6, 6.07) is -0.201. The Morgan fingerprint density at radius 2 is 2.39 bits per heavy atom. The number of aromatic amines is 1. The first-order chi connectivity index (χ1) is 8.43. The van der Waals surface area contributed by atoms with Gasteiger partial charge in [0.2, 0.25) is 10.0 Å². The summed E-state index contributed by atoms with van der Waals surface area (Å²) in [5.74, 6) is 0. The molecule has 0 aliphatic carbocycles. The van der Waals surface area contributed by atoms with Crippen molar-refractivity contribution in [3.63, 3.8) is 0 Å². The summed E-state index contributed by atoms with van der Waals surface area (Å²) in [4.78, 5) is 0.216. The molecule has 2 atom stereocenters. The van der Waals surface area contributed by atoms with E-state index in [2.05, 4.69) is 10.2 Å². The van der Waals surface area contributed by atoms with Gasteiger partial charge in [0.05, 0.1) is 24.6 Å². The quantitative estimate of drug-likeness (QED) is 0.770. The highest BCUT2D eigenvalue weighted by Gasteiger charge is 2.33. The molecule has 2 rings (SSSR count). The number of sulfonamides is 1. The molecule has 0 aromatic carbocycles. The molecular formula is C10H18N4O3S. The zero-order valence-corrected chi connectivity index (χ0v) is 11.3. The molecule has 0 bridgehead atoms. The number of ether oxygens (including phenoxy) is 1. The van der Waals surface area contributed by atoms with E-state index < -0.39 is 10.0 Å². The molecule has 2 unspecified atom stereocenters. The zero-order chi connectivity index (χ0) is 13.3. The van der Waals surface area contributed by atoms with Crippen molar-refractivity contribution in [2.24, 2.45) is 5.73 Å². The number of nitrogens with one attached hydrogen (secondary N) is 1. The first-order valence-electron chi connectivity index (χ1n) is 5.80. The van der Waals surface area contributed by atoms with Gasteiger partial charge in [-0.2, -0.15) is 9.40 Å². The number of aromatic nitrogens is 2. The topological polar surface area (TPSA) is 101 Å². The van der Waals surface area contributed by atoms with E-state index in [1.165, 1.54) is 10.5 Å².